The molecule has 0 saturated carbocycles. The molecule has 0 spiro atoms. The average molecular weight is 315 g/mol. The molecule has 0 N–H and O–H groups in total. The van der Waals surface area contributed by atoms with Crippen molar-refractivity contribution in [2.45, 2.75) is 32.6 Å². The van der Waals surface area contributed by atoms with Crippen LogP contribution in [0.5, 0.6) is 11.5 Å². The molecule has 1 aromatic rings. The van der Waals surface area contributed by atoms with Crippen molar-refractivity contribution in [1.82, 2.24) is 0 Å². The van der Waals surface area contributed by atoms with Crippen LogP contribution in [0.3, 0.4) is 0 Å². The summed E-state index contributed by atoms with van der Waals surface area (Å²) in [4.78, 5) is 11.5. The van der Waals surface area contributed by atoms with Gasteiger partial charge in [-0.15, -0.1) is 0 Å². The van der Waals surface area contributed by atoms with E-state index in [2.05, 4.69) is 15.9 Å². The molecule has 3 nitrogen and oxygen atoms in total. The zero-order chi connectivity index (χ0) is 13.5. The Bertz CT molecular complexity index is 416. The Hall–Kier alpha value is -1.03. The molecule has 0 atom stereocenters. The average Bonchev–Trinajstić information content (AvgIpc) is 2.36. The molecule has 100 valence electrons. The maximum atomic E-state index is 11.5. The predicted molar refractivity (Wildman–Crippen MR) is 75.5 cm³/mol. The Morgan fingerprint density at radius 3 is 2.50 bits per heavy atom. The Labute approximate surface area is 117 Å². The molecular weight excluding hydrogens is 296 g/mol. The number of rotatable bonds is 7. The lowest BCUT2D eigenvalue weighted by Crippen LogP contribution is -2.01. The van der Waals surface area contributed by atoms with Crippen LogP contribution in [0.4, 0.5) is 0 Å². The molecule has 0 amide bonds. The Kier molecular flexibility index (Phi) is 6.19. The predicted octanol–water partition coefficient (Wildman–Crippen LogP) is 3.77. The number of carbonyl (C=O) groups is 1. The highest BCUT2D eigenvalue weighted by molar-refractivity contribution is 9.10. The monoisotopic (exact) mass is 314 g/mol. The van der Waals surface area contributed by atoms with Gasteiger partial charge >= 0.3 is 0 Å². The second-order valence-electron chi connectivity index (χ2n) is 4.06. The van der Waals surface area contributed by atoms with Crippen LogP contribution in [0.1, 0.15) is 31.7 Å². The van der Waals surface area contributed by atoms with Gasteiger partial charge in [-0.05, 0) is 40.4 Å². The summed E-state index contributed by atoms with van der Waals surface area (Å²) in [7, 11) is 3.24. The molecular formula is C14H19BrO3. The number of ether oxygens (including phenoxy) is 2. The van der Waals surface area contributed by atoms with E-state index in [1.54, 1.807) is 14.2 Å². The Balaban J connectivity index is 2.83. The van der Waals surface area contributed by atoms with Crippen molar-refractivity contribution in [3.63, 3.8) is 0 Å². The quantitative estimate of drug-likeness (QED) is 0.768. The van der Waals surface area contributed by atoms with E-state index in [0.29, 0.717) is 25.0 Å². The van der Waals surface area contributed by atoms with Crippen molar-refractivity contribution in [3.8, 4) is 11.5 Å². The van der Waals surface area contributed by atoms with E-state index < -0.39 is 0 Å². The summed E-state index contributed by atoms with van der Waals surface area (Å²) in [6.07, 6.45) is 2.81. The van der Waals surface area contributed by atoms with E-state index in [9.17, 15) is 4.79 Å². The largest absolute Gasteiger partial charge is 0.495 e. The van der Waals surface area contributed by atoms with Gasteiger partial charge in [0.05, 0.1) is 14.2 Å². The molecule has 4 heteroatoms. The van der Waals surface area contributed by atoms with Gasteiger partial charge in [-0.2, -0.15) is 0 Å². The van der Waals surface area contributed by atoms with Gasteiger partial charge in [-0.3, -0.25) is 4.79 Å². The first kappa shape index (κ1) is 15.0. The lowest BCUT2D eigenvalue weighted by atomic mass is 10.0. The number of hydrogen-bond donors (Lipinski definition) is 0. The maximum absolute atomic E-state index is 11.5. The summed E-state index contributed by atoms with van der Waals surface area (Å²) in [6.45, 7) is 2.02. The first-order valence-electron chi connectivity index (χ1n) is 6.05. The molecule has 0 bridgehead atoms. The third-order valence-electron chi connectivity index (χ3n) is 2.77. The van der Waals surface area contributed by atoms with Gasteiger partial charge in [-0.25, -0.2) is 0 Å². The summed E-state index contributed by atoms with van der Waals surface area (Å²) in [5.74, 6) is 1.78. The van der Waals surface area contributed by atoms with Crippen LogP contribution in [-0.2, 0) is 11.2 Å². The van der Waals surface area contributed by atoms with Crippen molar-refractivity contribution < 1.29 is 14.3 Å². The number of carbonyl (C=O) groups excluding carboxylic acids is 1. The highest BCUT2D eigenvalue weighted by atomic mass is 79.9. The zero-order valence-corrected chi connectivity index (χ0v) is 12.7. The number of Topliss-reactive ketones (excluding diaryl/α,β-unsaturated/α-hetero) is 1. The Morgan fingerprint density at radius 1 is 1.22 bits per heavy atom. The summed E-state index contributed by atoms with van der Waals surface area (Å²) in [5.41, 5.74) is 1.02. The molecule has 0 aliphatic heterocycles. The fraction of sp³-hybridized carbons (Fsp3) is 0.500. The summed E-state index contributed by atoms with van der Waals surface area (Å²) < 4.78 is 11.4. The van der Waals surface area contributed by atoms with E-state index in [1.807, 2.05) is 19.1 Å². The molecule has 0 radical (unpaired) electrons. The molecule has 0 unspecified atom stereocenters. The minimum absolute atomic E-state index is 0.298. The number of hydrogen-bond acceptors (Lipinski definition) is 3. The first-order chi connectivity index (χ1) is 8.63. The number of halogens is 1. The van der Waals surface area contributed by atoms with Crippen molar-refractivity contribution in [1.29, 1.82) is 0 Å². The van der Waals surface area contributed by atoms with E-state index in [1.165, 1.54) is 0 Å². The molecule has 1 rings (SSSR count). The van der Waals surface area contributed by atoms with Gasteiger partial charge in [0, 0.05) is 12.8 Å². The van der Waals surface area contributed by atoms with Crippen molar-refractivity contribution in [2.75, 3.05) is 14.2 Å². The fourth-order valence-electron chi connectivity index (χ4n) is 1.83. The summed E-state index contributed by atoms with van der Waals surface area (Å²) in [5, 5.41) is 0. The van der Waals surface area contributed by atoms with Gasteiger partial charge in [0.1, 0.15) is 21.8 Å². The molecule has 1 aromatic carbocycles. The van der Waals surface area contributed by atoms with Crippen LogP contribution in [0.15, 0.2) is 16.6 Å². The molecule has 0 heterocycles. The standard InChI is InChI=1S/C14H19BrO3/c1-4-5-11(16)8-6-10-7-9-12(17-2)13(15)14(10)18-3/h7,9H,4-6,8H2,1-3H3. The smallest absolute Gasteiger partial charge is 0.140 e. The highest BCUT2D eigenvalue weighted by Crippen LogP contribution is 2.37. The molecule has 18 heavy (non-hydrogen) atoms. The zero-order valence-electron chi connectivity index (χ0n) is 11.1. The van der Waals surface area contributed by atoms with E-state index in [0.717, 1.165) is 28.0 Å². The second-order valence-corrected chi connectivity index (χ2v) is 4.86. The van der Waals surface area contributed by atoms with Crippen molar-refractivity contribution in [2.24, 2.45) is 0 Å². The number of benzene rings is 1. The van der Waals surface area contributed by atoms with Crippen LogP contribution in [0.25, 0.3) is 0 Å². The van der Waals surface area contributed by atoms with Gasteiger partial charge in [0.2, 0.25) is 0 Å². The third kappa shape index (κ3) is 3.73. The molecule has 0 fully saturated rings. The minimum atomic E-state index is 0.298. The maximum Gasteiger partial charge on any atom is 0.140 e. The topological polar surface area (TPSA) is 35.5 Å². The Morgan fingerprint density at radius 2 is 1.94 bits per heavy atom. The minimum Gasteiger partial charge on any atom is -0.495 e. The lowest BCUT2D eigenvalue weighted by Gasteiger charge is -2.13. The number of ketones is 1. The molecule has 0 saturated heterocycles. The summed E-state index contributed by atoms with van der Waals surface area (Å²) in [6, 6.07) is 3.83. The van der Waals surface area contributed by atoms with Gasteiger partial charge in [0.25, 0.3) is 0 Å². The number of aryl methyl sites for hydroxylation is 1. The number of methoxy groups -OCH3 is 2. The summed E-state index contributed by atoms with van der Waals surface area (Å²) >= 11 is 3.46. The van der Waals surface area contributed by atoms with Crippen LogP contribution >= 0.6 is 15.9 Å². The van der Waals surface area contributed by atoms with E-state index in [-0.39, 0.29) is 0 Å². The fourth-order valence-corrected chi connectivity index (χ4v) is 2.54. The lowest BCUT2D eigenvalue weighted by molar-refractivity contribution is -0.119. The van der Waals surface area contributed by atoms with Gasteiger partial charge < -0.3 is 9.47 Å². The van der Waals surface area contributed by atoms with Crippen molar-refractivity contribution >= 4 is 21.7 Å². The highest BCUT2D eigenvalue weighted by Gasteiger charge is 2.13. The molecule has 0 aliphatic carbocycles. The van der Waals surface area contributed by atoms with Crippen LogP contribution in [0, 0.1) is 0 Å². The normalized spacial score (nSPS) is 10.2. The SMILES string of the molecule is CCCC(=O)CCc1ccc(OC)c(Br)c1OC. The van der Waals surface area contributed by atoms with Crippen molar-refractivity contribution in [3.05, 3.63) is 22.2 Å². The second kappa shape index (κ2) is 7.41. The molecule has 0 aliphatic rings. The van der Waals surface area contributed by atoms with E-state index in [4.69, 9.17) is 9.47 Å². The van der Waals surface area contributed by atoms with E-state index >= 15 is 0 Å². The first-order valence-corrected chi connectivity index (χ1v) is 6.84. The third-order valence-corrected chi connectivity index (χ3v) is 3.52. The molecule has 0 aromatic heterocycles. The van der Waals surface area contributed by atoms with Crippen LogP contribution < -0.4 is 9.47 Å². The van der Waals surface area contributed by atoms with Gasteiger partial charge in [0.15, 0.2) is 0 Å². The van der Waals surface area contributed by atoms with Crippen LogP contribution in [0.2, 0.25) is 0 Å². The van der Waals surface area contributed by atoms with Gasteiger partial charge in [-0.1, -0.05) is 13.0 Å². The van der Waals surface area contributed by atoms with Crippen LogP contribution in [-0.4, -0.2) is 20.0 Å².